The number of benzene rings is 1. The number of carbonyl (C=O) groups is 3. The highest BCUT2D eigenvalue weighted by Gasteiger charge is 2.51. The minimum absolute atomic E-state index is 0.0970. The number of alkyl carbamates (subject to hydrolysis) is 1. The van der Waals surface area contributed by atoms with Crippen LogP contribution in [0.5, 0.6) is 0 Å². The average Bonchev–Trinajstić information content (AvgIpc) is 3.60. The van der Waals surface area contributed by atoms with Crippen LogP contribution in [0.25, 0.3) is 5.78 Å². The van der Waals surface area contributed by atoms with E-state index in [2.05, 4.69) is 20.4 Å². The molecule has 10 nitrogen and oxygen atoms in total. The number of aromatic nitrogens is 4. The lowest BCUT2D eigenvalue weighted by molar-refractivity contribution is -0.185. The van der Waals surface area contributed by atoms with E-state index in [1.807, 2.05) is 71.9 Å². The Labute approximate surface area is 253 Å². The van der Waals surface area contributed by atoms with Crippen LogP contribution in [0.2, 0.25) is 0 Å². The summed E-state index contributed by atoms with van der Waals surface area (Å²) in [5.74, 6) is -0.431. The van der Waals surface area contributed by atoms with Gasteiger partial charge < -0.3 is 14.8 Å². The van der Waals surface area contributed by atoms with Crippen LogP contribution in [0, 0.1) is 25.7 Å². The number of hydrogen-bond acceptors (Lipinski definition) is 8. The highest BCUT2D eigenvalue weighted by atomic mass is 16.6. The molecular formula is C33H43N5O5. The number of ketones is 1. The topological polar surface area (TPSA) is 125 Å². The van der Waals surface area contributed by atoms with Gasteiger partial charge >= 0.3 is 12.1 Å². The normalized spacial score (nSPS) is 22.0. The lowest BCUT2D eigenvalue weighted by atomic mass is 9.73. The summed E-state index contributed by atoms with van der Waals surface area (Å²) in [7, 11) is 0. The number of Topliss-reactive ketones (excluding diaryl/α,β-unsaturated/α-hetero) is 1. The standard InChI is InChI=1S/C33H43N5O5/c1-20-17-21(2)38-30(34-20)36-28(37-38)18-26-27(39)19-33(42-29(26)40,25-9-7-8-10-25)16-15-23-11-13-24(14-12-23)22(3)35-31(41)43-32(4,5)6/h11-14,17,22,25-26H,7-10,15-16,18-19H2,1-6H3,(H,35,41)/t22-,26?,33?/m1/s1. The number of cyclic esters (lactones) is 1. The van der Waals surface area contributed by atoms with Crippen LogP contribution in [0.15, 0.2) is 30.3 Å². The van der Waals surface area contributed by atoms with E-state index in [1.165, 1.54) is 0 Å². The zero-order valence-electron chi connectivity index (χ0n) is 26.1. The minimum atomic E-state index is -0.911. The lowest BCUT2D eigenvalue weighted by Crippen LogP contribution is -2.52. The van der Waals surface area contributed by atoms with Crippen molar-refractivity contribution in [2.75, 3.05) is 0 Å². The van der Waals surface area contributed by atoms with Gasteiger partial charge in [0.25, 0.3) is 5.78 Å². The van der Waals surface area contributed by atoms with E-state index in [0.717, 1.165) is 48.2 Å². The van der Waals surface area contributed by atoms with Gasteiger partial charge in [-0.2, -0.15) is 4.98 Å². The largest absolute Gasteiger partial charge is 0.458 e. The van der Waals surface area contributed by atoms with E-state index in [1.54, 1.807) is 4.52 Å². The van der Waals surface area contributed by atoms with Crippen molar-refractivity contribution in [3.05, 3.63) is 58.7 Å². The Bertz CT molecular complexity index is 1480. The Morgan fingerprint density at radius 2 is 1.84 bits per heavy atom. The monoisotopic (exact) mass is 589 g/mol. The molecule has 10 heteroatoms. The third-order valence-corrected chi connectivity index (χ3v) is 8.65. The van der Waals surface area contributed by atoms with E-state index < -0.39 is 29.2 Å². The maximum atomic E-state index is 13.6. The van der Waals surface area contributed by atoms with Crippen molar-refractivity contribution >= 4 is 23.6 Å². The van der Waals surface area contributed by atoms with E-state index >= 15 is 0 Å². The Morgan fingerprint density at radius 1 is 1.14 bits per heavy atom. The second-order valence-electron chi connectivity index (χ2n) is 13.3. The van der Waals surface area contributed by atoms with Gasteiger partial charge in [0.2, 0.25) is 0 Å². The first-order valence-corrected chi connectivity index (χ1v) is 15.4. The molecule has 3 heterocycles. The second-order valence-corrected chi connectivity index (χ2v) is 13.3. The molecule has 2 fully saturated rings. The Morgan fingerprint density at radius 3 is 2.49 bits per heavy atom. The number of rotatable bonds is 8. The number of amides is 1. The fourth-order valence-electron chi connectivity index (χ4n) is 6.45. The zero-order valence-corrected chi connectivity index (χ0v) is 26.1. The fraction of sp³-hybridized carbons (Fsp3) is 0.576. The molecule has 1 aliphatic heterocycles. The number of ether oxygens (including phenoxy) is 2. The molecule has 1 aromatic carbocycles. The van der Waals surface area contributed by atoms with Gasteiger partial charge in [-0.1, -0.05) is 37.1 Å². The summed E-state index contributed by atoms with van der Waals surface area (Å²) in [5.41, 5.74) is 2.41. The van der Waals surface area contributed by atoms with Gasteiger partial charge in [-0.05, 0) is 90.3 Å². The Balaban J connectivity index is 1.26. The molecule has 3 atom stereocenters. The van der Waals surface area contributed by atoms with Crippen LogP contribution in [-0.4, -0.2) is 48.6 Å². The molecule has 230 valence electrons. The summed E-state index contributed by atoms with van der Waals surface area (Å²) in [6, 6.07) is 9.76. The maximum Gasteiger partial charge on any atom is 0.408 e. The summed E-state index contributed by atoms with van der Waals surface area (Å²) in [4.78, 5) is 48.1. The van der Waals surface area contributed by atoms with Crippen molar-refractivity contribution < 1.29 is 23.9 Å². The SMILES string of the molecule is Cc1cc(C)n2nc(CC3C(=O)CC(CCc4ccc([C@@H](C)NC(=O)OC(C)(C)C)cc4)(C4CCCC4)OC3=O)nc2n1. The first-order valence-electron chi connectivity index (χ1n) is 15.4. The van der Waals surface area contributed by atoms with E-state index in [0.29, 0.717) is 24.4 Å². The third kappa shape index (κ3) is 7.05. The Hall–Kier alpha value is -3.82. The molecule has 5 rings (SSSR count). The molecule has 3 aromatic rings. The molecule has 2 aliphatic rings. The highest BCUT2D eigenvalue weighted by molar-refractivity contribution is 6.01. The number of fused-ring (bicyclic) bond motifs is 1. The van der Waals surface area contributed by atoms with Gasteiger partial charge in [0, 0.05) is 24.2 Å². The van der Waals surface area contributed by atoms with Crippen LogP contribution in [0.3, 0.4) is 0 Å². The Kier molecular flexibility index (Phi) is 8.58. The molecule has 1 saturated heterocycles. The van der Waals surface area contributed by atoms with Crippen LogP contribution < -0.4 is 5.32 Å². The number of esters is 1. The molecule has 2 aromatic heterocycles. The summed E-state index contributed by atoms with van der Waals surface area (Å²) in [5, 5.41) is 7.38. The minimum Gasteiger partial charge on any atom is -0.458 e. The van der Waals surface area contributed by atoms with Crippen molar-refractivity contribution in [3.63, 3.8) is 0 Å². The van der Waals surface area contributed by atoms with Crippen molar-refractivity contribution in [2.24, 2.45) is 11.8 Å². The van der Waals surface area contributed by atoms with Crippen molar-refractivity contribution in [3.8, 4) is 0 Å². The predicted molar refractivity (Wildman–Crippen MR) is 160 cm³/mol. The third-order valence-electron chi connectivity index (χ3n) is 8.65. The quantitative estimate of drug-likeness (QED) is 0.267. The summed E-state index contributed by atoms with van der Waals surface area (Å²) in [6.07, 6.45) is 5.20. The average molecular weight is 590 g/mol. The van der Waals surface area contributed by atoms with Crippen LogP contribution >= 0.6 is 0 Å². The molecular weight excluding hydrogens is 546 g/mol. The smallest absolute Gasteiger partial charge is 0.408 e. The molecule has 1 saturated carbocycles. The highest BCUT2D eigenvalue weighted by Crippen LogP contribution is 2.45. The van der Waals surface area contributed by atoms with E-state index in [4.69, 9.17) is 9.47 Å². The molecule has 1 amide bonds. The number of hydrogen-bond donors (Lipinski definition) is 1. The predicted octanol–water partition coefficient (Wildman–Crippen LogP) is 5.56. The summed E-state index contributed by atoms with van der Waals surface area (Å²) < 4.78 is 13.3. The second kappa shape index (κ2) is 12.1. The van der Waals surface area contributed by atoms with Crippen LogP contribution in [-0.2, 0) is 31.9 Å². The molecule has 0 radical (unpaired) electrons. The first-order chi connectivity index (χ1) is 20.3. The summed E-state index contributed by atoms with van der Waals surface area (Å²) >= 11 is 0. The molecule has 0 bridgehead atoms. The molecule has 0 spiro atoms. The zero-order chi connectivity index (χ0) is 30.9. The fourth-order valence-corrected chi connectivity index (χ4v) is 6.45. The van der Waals surface area contributed by atoms with Crippen LogP contribution in [0.4, 0.5) is 4.79 Å². The number of aryl methyl sites for hydroxylation is 3. The van der Waals surface area contributed by atoms with Gasteiger partial charge in [-0.25, -0.2) is 14.3 Å². The van der Waals surface area contributed by atoms with Crippen molar-refractivity contribution in [1.82, 2.24) is 24.9 Å². The van der Waals surface area contributed by atoms with Gasteiger partial charge in [0.15, 0.2) is 11.6 Å². The van der Waals surface area contributed by atoms with Gasteiger partial charge in [-0.15, -0.1) is 5.10 Å². The van der Waals surface area contributed by atoms with Gasteiger partial charge in [-0.3, -0.25) is 9.59 Å². The van der Waals surface area contributed by atoms with E-state index in [-0.39, 0.29) is 30.6 Å². The number of nitrogens with zero attached hydrogens (tertiary/aromatic N) is 4. The molecule has 1 aliphatic carbocycles. The number of nitrogens with one attached hydrogen (secondary N) is 1. The lowest BCUT2D eigenvalue weighted by Gasteiger charge is -2.43. The van der Waals surface area contributed by atoms with Gasteiger partial charge in [0.1, 0.15) is 17.1 Å². The molecule has 2 unspecified atom stereocenters. The molecule has 1 N–H and O–H groups in total. The summed E-state index contributed by atoms with van der Waals surface area (Å²) in [6.45, 7) is 11.2. The molecule has 43 heavy (non-hydrogen) atoms. The number of carbonyl (C=O) groups excluding carboxylic acids is 3. The van der Waals surface area contributed by atoms with E-state index in [9.17, 15) is 14.4 Å². The maximum absolute atomic E-state index is 13.6. The van der Waals surface area contributed by atoms with Gasteiger partial charge in [0.05, 0.1) is 6.04 Å². The van der Waals surface area contributed by atoms with Crippen molar-refractivity contribution in [2.45, 2.75) is 110 Å². The van der Waals surface area contributed by atoms with Crippen molar-refractivity contribution in [1.29, 1.82) is 0 Å². The first kappa shape index (κ1) is 30.6. The van der Waals surface area contributed by atoms with Crippen LogP contribution in [0.1, 0.15) is 101 Å².